The van der Waals surface area contributed by atoms with Crippen molar-refractivity contribution in [1.29, 1.82) is 0 Å². The zero-order chi connectivity index (χ0) is 55.7. The monoisotopic (exact) mass is 1080 g/mol. The van der Waals surface area contributed by atoms with E-state index in [1.807, 2.05) is 75.3 Å². The molecule has 74 heavy (non-hydrogen) atoms. The number of amidine groups is 1. The minimum Gasteiger partial charge on any atom is -0.458 e. The number of H-pyrrole nitrogens is 1. The van der Waals surface area contributed by atoms with Crippen LogP contribution in [0.4, 0.5) is 5.82 Å². The smallest absolute Gasteiger partial charge is 0.458 e. The van der Waals surface area contributed by atoms with E-state index in [-0.39, 0.29) is 118 Å². The van der Waals surface area contributed by atoms with Crippen LogP contribution in [0.2, 0.25) is 0 Å². The molecule has 11 heteroatoms. The standard InChI is InChI=1S/C63H106N4O6.Zn/c1-25-62(26-2,27-3)56(70)66-52-48(54(68)72-50-40(58(13,14)15)31-38(11)32-41(50)59(16,17)18)46(36(7)8)44(64-52)35-45-47(37(9)10)49(53(65-45)67-57(71)63(28-4,29-5)30-6)55(69)73-51-42(60(19,20)21)33-39(12)34-43(51)61(22,23)24;/h35-43,50-51H,25-34H2,1-24H3,(H3,64,65,66,67,68,69,70,71);/q;+2/p-1. The Balaban J connectivity index is 0.0000144. The Labute approximate surface area is 464 Å². The minimum absolute atomic E-state index is 0. The maximum atomic E-state index is 15.5. The zero-order valence-corrected chi connectivity index (χ0v) is 54.4. The number of rotatable bonds is 16. The average Bonchev–Trinajstić information content (AvgIpc) is 3.82. The molecule has 2 N–H and O–H groups in total. The zero-order valence-electron chi connectivity index (χ0n) is 51.5. The number of ether oxygens (including phenoxy) is 2. The predicted octanol–water partition coefficient (Wildman–Crippen LogP) is 17.1. The molecule has 2 amide bonds. The van der Waals surface area contributed by atoms with E-state index in [2.05, 4.69) is 107 Å². The molecule has 3 aliphatic rings. The summed E-state index contributed by atoms with van der Waals surface area (Å²) in [4.78, 5) is 68.5. The van der Waals surface area contributed by atoms with Crippen LogP contribution in [0.1, 0.15) is 258 Å². The Kier molecular flexibility index (Phi) is 21.8. The topological polar surface area (TPSA) is 141 Å². The molecule has 1 aromatic heterocycles. The van der Waals surface area contributed by atoms with Gasteiger partial charge < -0.3 is 30.1 Å². The normalized spacial score (nSPS) is 25.6. The van der Waals surface area contributed by atoms with Crippen molar-refractivity contribution in [3.05, 3.63) is 39.0 Å². The van der Waals surface area contributed by atoms with Crippen molar-refractivity contribution in [2.24, 2.45) is 78.9 Å². The van der Waals surface area contributed by atoms with Gasteiger partial charge in [0, 0.05) is 40.2 Å². The number of allylic oxidation sites excluding steroid dienone is 1. The summed E-state index contributed by atoms with van der Waals surface area (Å²) in [6, 6.07) is 0. The van der Waals surface area contributed by atoms with E-state index < -0.39 is 22.8 Å². The van der Waals surface area contributed by atoms with Crippen LogP contribution in [-0.4, -0.2) is 46.8 Å². The van der Waals surface area contributed by atoms with Gasteiger partial charge in [-0.1, -0.05) is 166 Å². The van der Waals surface area contributed by atoms with Gasteiger partial charge in [-0.15, -0.1) is 0 Å². The van der Waals surface area contributed by atoms with Gasteiger partial charge in [-0.2, -0.15) is 0 Å². The third kappa shape index (κ3) is 14.0. The first-order chi connectivity index (χ1) is 33.5. The number of nitrogens with one attached hydrogen (secondary N) is 2. The number of esters is 2. The van der Waals surface area contributed by atoms with Gasteiger partial charge in [0.05, 0.1) is 5.57 Å². The molecule has 414 valence electrons. The molecule has 4 rings (SSSR count). The number of aromatic nitrogens is 1. The molecule has 1 aliphatic heterocycles. The molecule has 2 fully saturated rings. The second-order valence-corrected chi connectivity index (χ2v) is 28.1. The summed E-state index contributed by atoms with van der Waals surface area (Å²) in [6.45, 7) is 51.8. The summed E-state index contributed by atoms with van der Waals surface area (Å²) in [5.74, 6) is -0.255. The summed E-state index contributed by atoms with van der Waals surface area (Å²) < 4.78 is 13.9. The Bertz CT molecular complexity index is 2160. The molecule has 2 aliphatic carbocycles. The van der Waals surface area contributed by atoms with Crippen molar-refractivity contribution in [3.63, 3.8) is 0 Å². The van der Waals surface area contributed by atoms with Gasteiger partial charge in [-0.25, -0.2) is 9.59 Å². The van der Waals surface area contributed by atoms with E-state index in [0.29, 0.717) is 78.5 Å². The molecule has 4 unspecified atom stereocenters. The van der Waals surface area contributed by atoms with Gasteiger partial charge in [-0.05, 0) is 138 Å². The molecule has 4 atom stereocenters. The van der Waals surface area contributed by atoms with E-state index in [9.17, 15) is 9.59 Å². The largest absolute Gasteiger partial charge is 2.00 e. The number of hydrogen-bond donors (Lipinski definition) is 2. The van der Waals surface area contributed by atoms with E-state index in [1.165, 1.54) is 0 Å². The number of anilines is 1. The van der Waals surface area contributed by atoms with Crippen LogP contribution >= 0.6 is 0 Å². The number of nitrogens with zero attached hydrogens (tertiary/aromatic N) is 2. The van der Waals surface area contributed by atoms with Crippen molar-refractivity contribution in [1.82, 2.24) is 4.98 Å². The maximum Gasteiger partial charge on any atom is 2.00 e. The number of aliphatic imine (C=N–C) groups is 1. The first-order valence-electron chi connectivity index (χ1n) is 28.8. The van der Waals surface area contributed by atoms with Crippen molar-refractivity contribution in [2.75, 3.05) is 5.32 Å². The predicted molar refractivity (Wildman–Crippen MR) is 303 cm³/mol. The van der Waals surface area contributed by atoms with E-state index in [1.54, 1.807) is 0 Å². The molecule has 0 radical (unpaired) electrons. The van der Waals surface area contributed by atoms with E-state index >= 15 is 9.59 Å². The third-order valence-electron chi connectivity index (χ3n) is 18.5. The molecule has 0 bridgehead atoms. The summed E-state index contributed by atoms with van der Waals surface area (Å²) in [6.07, 6.45) is 8.56. The fourth-order valence-corrected chi connectivity index (χ4v) is 13.1. The van der Waals surface area contributed by atoms with Crippen LogP contribution in [0, 0.1) is 73.9 Å². The van der Waals surface area contributed by atoms with Crippen LogP contribution in [-0.2, 0) is 43.3 Å². The number of hydrogen-bond acceptors (Lipinski definition) is 6. The van der Waals surface area contributed by atoms with Crippen LogP contribution in [0.5, 0.6) is 0 Å². The molecular formula is C63H105N4O6Zn+. The third-order valence-corrected chi connectivity index (χ3v) is 18.5. The van der Waals surface area contributed by atoms with Gasteiger partial charge in [0.15, 0.2) is 5.91 Å². The maximum absolute atomic E-state index is 15.5. The summed E-state index contributed by atoms with van der Waals surface area (Å²) in [5.41, 5.74) is 0.885. The van der Waals surface area contributed by atoms with Gasteiger partial charge >= 0.3 is 31.4 Å². The molecule has 2 saturated carbocycles. The molecule has 2 heterocycles. The average molecular weight is 1080 g/mol. The van der Waals surface area contributed by atoms with Crippen molar-refractivity contribution in [3.8, 4) is 0 Å². The summed E-state index contributed by atoms with van der Waals surface area (Å²) in [7, 11) is 0. The Morgan fingerprint density at radius 1 is 0.622 bits per heavy atom. The number of amides is 2. The minimum atomic E-state index is -0.720. The van der Waals surface area contributed by atoms with E-state index in [0.717, 1.165) is 25.7 Å². The van der Waals surface area contributed by atoms with Crippen LogP contribution in [0.25, 0.3) is 11.4 Å². The number of carbonyl (C=O) groups is 4. The number of aromatic amines is 1. The molecule has 0 saturated heterocycles. The fourth-order valence-electron chi connectivity index (χ4n) is 13.1. The van der Waals surface area contributed by atoms with Crippen LogP contribution in [0.15, 0.2) is 21.8 Å². The molecule has 10 nitrogen and oxygen atoms in total. The summed E-state index contributed by atoms with van der Waals surface area (Å²) >= 11 is 0. The molecular weight excluding hydrogens is 974 g/mol. The van der Waals surface area contributed by atoms with Gasteiger partial charge in [0.25, 0.3) is 0 Å². The first kappa shape index (κ1) is 65.2. The SMILES string of the molecule is CCC(CC)(CC)C(=O)N=C1[N-]/C(=C\c2[nH]c(NC(=O)C(CC)(CC)CC)c(C(=O)OC3C(C(C)(C)C)CC(C)CC3C(C)(C)C)c2C(C)C)C(C(C)C)=C1C(=O)OC1C(C(C)(C)C)CC(C)CC1C(C)(C)C.[Zn+2]. The molecule has 0 aromatic carbocycles. The fraction of sp³-hybridized carbons (Fsp3) is 0.794. The van der Waals surface area contributed by atoms with Crippen molar-refractivity contribution < 1.29 is 48.1 Å². The Morgan fingerprint density at radius 2 is 1.00 bits per heavy atom. The van der Waals surface area contributed by atoms with Crippen LogP contribution in [0.3, 0.4) is 0 Å². The molecule has 1 aromatic rings. The van der Waals surface area contributed by atoms with Gasteiger partial charge in [0.1, 0.15) is 23.6 Å². The van der Waals surface area contributed by atoms with Crippen molar-refractivity contribution in [2.45, 2.75) is 249 Å². The molecule has 0 spiro atoms. The first-order valence-corrected chi connectivity index (χ1v) is 28.8. The van der Waals surface area contributed by atoms with Gasteiger partial charge in [-0.3, -0.25) is 9.59 Å². The second-order valence-electron chi connectivity index (χ2n) is 28.1. The Hall–Kier alpha value is -3.07. The quantitative estimate of drug-likeness (QED) is 0.125. The Morgan fingerprint density at radius 3 is 1.34 bits per heavy atom. The summed E-state index contributed by atoms with van der Waals surface area (Å²) in [5, 5.41) is 8.43. The van der Waals surface area contributed by atoms with E-state index in [4.69, 9.17) is 19.8 Å². The van der Waals surface area contributed by atoms with Gasteiger partial charge in [0.2, 0.25) is 5.91 Å². The number of carbonyl (C=O) groups excluding carboxylic acids is 4. The van der Waals surface area contributed by atoms with Crippen molar-refractivity contribution >= 4 is 41.5 Å². The second kappa shape index (κ2) is 24.7. The van der Waals surface area contributed by atoms with Crippen LogP contribution < -0.4 is 5.32 Å².